The highest BCUT2D eigenvalue weighted by atomic mass is 19.4. The molecule has 0 fully saturated rings. The number of aryl methyl sites for hydroxylation is 1. The maximum absolute atomic E-state index is 12.8. The van der Waals surface area contributed by atoms with Crippen molar-refractivity contribution in [2.24, 2.45) is 0 Å². The summed E-state index contributed by atoms with van der Waals surface area (Å²) in [6.45, 7) is 2.01. The number of benzene rings is 3. The average Bonchev–Trinajstić information content (AvgIpc) is 3.15. The lowest BCUT2D eigenvalue weighted by Gasteiger charge is -2.12. The first-order valence-electron chi connectivity index (χ1n) is 10.0. The van der Waals surface area contributed by atoms with Gasteiger partial charge in [-0.25, -0.2) is 9.78 Å². The highest BCUT2D eigenvalue weighted by molar-refractivity contribution is 6.02. The van der Waals surface area contributed by atoms with Crippen molar-refractivity contribution in [2.75, 3.05) is 11.9 Å². The van der Waals surface area contributed by atoms with Gasteiger partial charge >= 0.3 is 12.3 Å². The molecule has 0 saturated heterocycles. The van der Waals surface area contributed by atoms with Gasteiger partial charge in [-0.1, -0.05) is 24.3 Å². The Bertz CT molecular complexity index is 1300. The fourth-order valence-corrected chi connectivity index (χ4v) is 3.46. The van der Waals surface area contributed by atoms with E-state index in [0.717, 1.165) is 17.5 Å². The van der Waals surface area contributed by atoms with Crippen LogP contribution in [-0.2, 0) is 12.6 Å². The SMILES string of the molecule is Cc1oc(-c2ccc(C(F)(F)F)cc2)nc1CCOc1ccc(NC(=O)O)c2ccccc12. The van der Waals surface area contributed by atoms with Crippen molar-refractivity contribution in [3.05, 3.63) is 77.7 Å². The summed E-state index contributed by atoms with van der Waals surface area (Å²) in [4.78, 5) is 15.4. The second kappa shape index (κ2) is 8.85. The topological polar surface area (TPSA) is 84.6 Å². The Morgan fingerprint density at radius 1 is 1.06 bits per heavy atom. The van der Waals surface area contributed by atoms with Gasteiger partial charge in [-0.3, -0.25) is 5.32 Å². The van der Waals surface area contributed by atoms with E-state index in [1.165, 1.54) is 12.1 Å². The summed E-state index contributed by atoms with van der Waals surface area (Å²) in [5, 5.41) is 12.8. The van der Waals surface area contributed by atoms with Crippen LogP contribution in [0.2, 0.25) is 0 Å². The van der Waals surface area contributed by atoms with Crippen molar-refractivity contribution in [2.45, 2.75) is 19.5 Å². The summed E-state index contributed by atoms with van der Waals surface area (Å²) >= 11 is 0. The summed E-state index contributed by atoms with van der Waals surface area (Å²) < 4.78 is 49.9. The van der Waals surface area contributed by atoms with Crippen LogP contribution < -0.4 is 10.1 Å². The first-order valence-corrected chi connectivity index (χ1v) is 10.0. The summed E-state index contributed by atoms with van der Waals surface area (Å²) in [6.07, 6.45) is -5.14. The molecule has 2 N–H and O–H groups in total. The number of alkyl halides is 3. The molecule has 4 aromatic rings. The third kappa shape index (κ3) is 4.92. The van der Waals surface area contributed by atoms with Crippen LogP contribution in [0.1, 0.15) is 17.0 Å². The van der Waals surface area contributed by atoms with Gasteiger partial charge in [-0.2, -0.15) is 13.2 Å². The molecule has 1 aromatic heterocycles. The lowest BCUT2D eigenvalue weighted by Crippen LogP contribution is -2.08. The lowest BCUT2D eigenvalue weighted by molar-refractivity contribution is -0.137. The number of rotatable bonds is 6. The lowest BCUT2D eigenvalue weighted by atomic mass is 10.1. The maximum atomic E-state index is 12.8. The van der Waals surface area contributed by atoms with Gasteiger partial charge in [0.2, 0.25) is 5.89 Å². The van der Waals surface area contributed by atoms with Crippen LogP contribution in [0.5, 0.6) is 5.75 Å². The van der Waals surface area contributed by atoms with Crippen LogP contribution in [0.4, 0.5) is 23.7 Å². The normalized spacial score (nSPS) is 11.5. The molecule has 0 atom stereocenters. The van der Waals surface area contributed by atoms with E-state index in [1.807, 2.05) is 12.1 Å². The van der Waals surface area contributed by atoms with E-state index >= 15 is 0 Å². The maximum Gasteiger partial charge on any atom is 0.416 e. The Hall–Kier alpha value is -4.01. The molecule has 1 amide bonds. The summed E-state index contributed by atoms with van der Waals surface area (Å²) in [5.41, 5.74) is 0.808. The minimum Gasteiger partial charge on any atom is -0.493 e. The Kier molecular flexibility index (Phi) is 5.95. The third-order valence-corrected chi connectivity index (χ3v) is 5.07. The number of nitrogens with one attached hydrogen (secondary N) is 1. The second-order valence-corrected chi connectivity index (χ2v) is 7.28. The first kappa shape index (κ1) is 22.2. The van der Waals surface area contributed by atoms with Crippen molar-refractivity contribution in [3.63, 3.8) is 0 Å². The van der Waals surface area contributed by atoms with Crippen molar-refractivity contribution >= 4 is 22.6 Å². The number of carbonyl (C=O) groups is 1. The minimum absolute atomic E-state index is 0.241. The van der Waals surface area contributed by atoms with Gasteiger partial charge in [0.1, 0.15) is 11.5 Å². The van der Waals surface area contributed by atoms with Crippen molar-refractivity contribution in [3.8, 4) is 17.2 Å². The van der Waals surface area contributed by atoms with E-state index in [2.05, 4.69) is 10.3 Å². The Morgan fingerprint density at radius 2 is 1.76 bits per heavy atom. The second-order valence-electron chi connectivity index (χ2n) is 7.28. The molecular formula is C24H19F3N2O4. The van der Waals surface area contributed by atoms with Gasteiger partial charge in [-0.15, -0.1) is 0 Å². The molecule has 6 nitrogen and oxygen atoms in total. The molecule has 3 aromatic carbocycles. The number of halogens is 3. The van der Waals surface area contributed by atoms with Gasteiger partial charge in [0.05, 0.1) is 23.6 Å². The number of fused-ring (bicyclic) bond motifs is 1. The fraction of sp³-hybridized carbons (Fsp3) is 0.167. The minimum atomic E-state index is -4.40. The Balaban J connectivity index is 1.47. The molecule has 0 radical (unpaired) electrons. The largest absolute Gasteiger partial charge is 0.493 e. The Morgan fingerprint density at radius 3 is 2.42 bits per heavy atom. The molecule has 0 aliphatic rings. The molecule has 1 heterocycles. The number of amides is 1. The van der Waals surface area contributed by atoms with Crippen LogP contribution in [0.25, 0.3) is 22.2 Å². The van der Waals surface area contributed by atoms with Crippen LogP contribution in [-0.4, -0.2) is 22.8 Å². The number of oxazole rings is 1. The molecule has 0 aliphatic carbocycles. The van der Waals surface area contributed by atoms with E-state index in [1.54, 1.807) is 31.2 Å². The quantitative estimate of drug-likeness (QED) is 0.344. The summed E-state index contributed by atoms with van der Waals surface area (Å²) in [7, 11) is 0. The fourth-order valence-electron chi connectivity index (χ4n) is 3.46. The van der Waals surface area contributed by atoms with Gasteiger partial charge in [0, 0.05) is 22.8 Å². The van der Waals surface area contributed by atoms with Crippen molar-refractivity contribution in [1.82, 2.24) is 4.98 Å². The van der Waals surface area contributed by atoms with Gasteiger partial charge < -0.3 is 14.3 Å². The average molecular weight is 456 g/mol. The third-order valence-electron chi connectivity index (χ3n) is 5.07. The molecule has 0 aliphatic heterocycles. The van der Waals surface area contributed by atoms with Crippen LogP contribution in [0.15, 0.2) is 65.1 Å². The van der Waals surface area contributed by atoms with E-state index in [4.69, 9.17) is 14.3 Å². The summed E-state index contributed by atoms with van der Waals surface area (Å²) in [5.74, 6) is 1.38. The van der Waals surface area contributed by atoms with E-state index in [9.17, 15) is 18.0 Å². The smallest absolute Gasteiger partial charge is 0.416 e. The van der Waals surface area contributed by atoms with E-state index < -0.39 is 17.8 Å². The molecular weight excluding hydrogens is 437 g/mol. The van der Waals surface area contributed by atoms with Crippen molar-refractivity contribution < 1.29 is 32.2 Å². The van der Waals surface area contributed by atoms with Gasteiger partial charge in [0.15, 0.2) is 0 Å². The standard InChI is InChI=1S/C24H19F3N2O4/c1-14-19(28-22(33-14)15-6-8-16(9-7-15)24(25,26)27)12-13-32-21-11-10-20(29-23(30)31)17-4-2-3-5-18(17)21/h2-11,29H,12-13H2,1H3,(H,30,31). The zero-order valence-electron chi connectivity index (χ0n) is 17.4. The monoisotopic (exact) mass is 456 g/mol. The zero-order chi connectivity index (χ0) is 23.6. The van der Waals surface area contributed by atoms with Crippen LogP contribution in [0, 0.1) is 6.92 Å². The van der Waals surface area contributed by atoms with Crippen LogP contribution >= 0.6 is 0 Å². The molecule has 33 heavy (non-hydrogen) atoms. The number of nitrogens with zero attached hydrogens (tertiary/aromatic N) is 1. The molecule has 0 spiro atoms. The summed E-state index contributed by atoms with van der Waals surface area (Å²) in [6, 6.07) is 15.2. The van der Waals surface area contributed by atoms with E-state index in [-0.39, 0.29) is 12.5 Å². The number of anilines is 1. The molecule has 9 heteroatoms. The number of hydrogen-bond donors (Lipinski definition) is 2. The molecule has 0 saturated carbocycles. The first-order chi connectivity index (χ1) is 15.7. The van der Waals surface area contributed by atoms with E-state index in [0.29, 0.717) is 40.3 Å². The molecule has 0 unspecified atom stereocenters. The molecule has 4 rings (SSSR count). The number of aromatic nitrogens is 1. The highest BCUT2D eigenvalue weighted by Gasteiger charge is 2.30. The predicted molar refractivity (Wildman–Crippen MR) is 116 cm³/mol. The predicted octanol–water partition coefficient (Wildman–Crippen LogP) is 6.53. The van der Waals surface area contributed by atoms with Gasteiger partial charge in [0.25, 0.3) is 0 Å². The number of ether oxygens (including phenoxy) is 1. The highest BCUT2D eigenvalue weighted by Crippen LogP contribution is 2.33. The Labute approximate surface area is 186 Å². The zero-order valence-corrected chi connectivity index (χ0v) is 17.4. The molecule has 0 bridgehead atoms. The molecule has 170 valence electrons. The number of hydrogen-bond acceptors (Lipinski definition) is 4. The number of carboxylic acid groups (broad SMARTS) is 1. The van der Waals surface area contributed by atoms with Crippen LogP contribution in [0.3, 0.4) is 0 Å². The van der Waals surface area contributed by atoms with Crippen molar-refractivity contribution in [1.29, 1.82) is 0 Å². The van der Waals surface area contributed by atoms with Gasteiger partial charge in [-0.05, 0) is 43.3 Å².